The Morgan fingerprint density at radius 3 is 1.61 bits per heavy atom. The van der Waals surface area contributed by atoms with Crippen LogP contribution in [0, 0.1) is 23.2 Å². The molecule has 628 valence electrons. The van der Waals surface area contributed by atoms with Crippen LogP contribution in [0.4, 0.5) is 0 Å². The zero-order valence-corrected chi connectivity index (χ0v) is 65.7. The molecule has 3 aromatic rings. The topological polar surface area (TPSA) is 680 Å². The van der Waals surface area contributed by atoms with E-state index in [0.29, 0.717) is 27.9 Å². The first-order valence-corrected chi connectivity index (χ1v) is 38.5. The minimum Gasteiger partial charge on any atom is -0.481 e. The number of carboxylic acids is 1. The lowest BCUT2D eigenvalue weighted by molar-refractivity contribution is -0.138. The second-order valence-corrected chi connectivity index (χ2v) is 29.6. The fourth-order valence-corrected chi connectivity index (χ4v) is 12.2. The van der Waals surface area contributed by atoms with Crippen LogP contribution in [0.15, 0.2) is 43.0 Å². The average molecular weight is 1620 g/mol. The molecule has 4 rings (SSSR count). The number of fused-ring (bicyclic) bond motifs is 1. The van der Waals surface area contributed by atoms with E-state index in [1.807, 2.05) is 20.1 Å². The van der Waals surface area contributed by atoms with E-state index >= 15 is 0 Å². The van der Waals surface area contributed by atoms with E-state index in [-0.39, 0.29) is 76.2 Å². The Hall–Kier alpha value is -11.9. The van der Waals surface area contributed by atoms with Gasteiger partial charge in [-0.05, 0) is 99.7 Å². The Balaban J connectivity index is 1.51. The molecule has 3 heterocycles. The number of para-hydroxylation sites is 1. The second kappa shape index (κ2) is 47.4. The predicted octanol–water partition coefficient (Wildman–Crippen LogP) is -6.20. The molecule has 1 aliphatic rings. The van der Waals surface area contributed by atoms with E-state index in [4.69, 9.17) is 28.3 Å². The van der Waals surface area contributed by atoms with Gasteiger partial charge in [0.2, 0.25) is 100 Å². The Kier molecular flexibility index (Phi) is 39.3. The van der Waals surface area contributed by atoms with Gasteiger partial charge >= 0.3 is 5.97 Å². The molecular weight excluding hydrogens is 1510 g/mol. The molecule has 0 spiro atoms. The number of H-pyrrole nitrogens is 2. The average Bonchev–Trinajstić information content (AvgIpc) is 1.64. The molecule has 0 saturated carbocycles. The van der Waals surface area contributed by atoms with E-state index in [9.17, 15) is 91.4 Å². The van der Waals surface area contributed by atoms with Crippen molar-refractivity contribution < 1.29 is 91.4 Å². The summed E-state index contributed by atoms with van der Waals surface area (Å²) >= 11 is 1.44. The van der Waals surface area contributed by atoms with Crippen LogP contribution in [0.5, 0.6) is 0 Å². The van der Waals surface area contributed by atoms with Gasteiger partial charge in [0.1, 0.15) is 72.5 Å². The van der Waals surface area contributed by atoms with Crippen molar-refractivity contribution >= 4 is 135 Å². The van der Waals surface area contributed by atoms with Crippen molar-refractivity contribution in [2.45, 2.75) is 211 Å². The van der Waals surface area contributed by atoms with Crippen LogP contribution in [0.3, 0.4) is 0 Å². The predicted molar refractivity (Wildman–Crippen MR) is 413 cm³/mol. The Morgan fingerprint density at radius 1 is 0.553 bits per heavy atom. The van der Waals surface area contributed by atoms with Crippen molar-refractivity contribution in [3.8, 4) is 0 Å². The van der Waals surface area contributed by atoms with Crippen LogP contribution in [0.25, 0.3) is 10.9 Å². The summed E-state index contributed by atoms with van der Waals surface area (Å²) in [4.78, 5) is 252. The van der Waals surface area contributed by atoms with Crippen molar-refractivity contribution in [3.63, 3.8) is 0 Å². The number of benzene rings is 1. The molecule has 0 bridgehead atoms. The van der Waals surface area contributed by atoms with Gasteiger partial charge in [-0.3, -0.25) is 91.7 Å². The number of nitrogens with two attached hydrogens (primary N) is 4. The number of nitrogens with zero attached hydrogens (tertiary/aromatic N) is 1. The SMILES string of the molecule is CSCC[C@H](NC(=O)[C@H](CC(C)C)NC(=O)[C@H](Cc1cnc[nH]1)NC(=O)CNC(=O)[C@@H](NC(=O)[C@H](C)NC(=O)[C@H](Cc1c[nH]c2ccccc12)NC(=O)[C@H](CCC(N)=O)NC(=O)[C@H](CC(N)=O)NC(=O)CNC(=O)[C@H](CC(C)C)NC(=O)[C@H](CCCNC(=N)N)NC(=O)[C@H](CCC(=O)O)NC(=O)[C@@H]1CCC(=O)N1)C(C)C)C(N)=O. The zero-order valence-electron chi connectivity index (χ0n) is 64.9. The van der Waals surface area contributed by atoms with E-state index in [1.54, 1.807) is 58.2 Å². The Labute approximate surface area is 661 Å². The minimum atomic E-state index is -1.90. The highest BCUT2D eigenvalue weighted by molar-refractivity contribution is 7.98. The van der Waals surface area contributed by atoms with Crippen molar-refractivity contribution in [3.05, 3.63) is 54.2 Å². The largest absolute Gasteiger partial charge is 0.481 e. The number of nitrogens with one attached hydrogen (secondary N) is 18. The molecule has 42 nitrogen and oxygen atoms in total. The number of carbonyl (C=O) groups excluding carboxylic acids is 17. The number of imidazole rings is 1. The van der Waals surface area contributed by atoms with Gasteiger partial charge in [-0.1, -0.05) is 59.7 Å². The summed E-state index contributed by atoms with van der Waals surface area (Å²) in [6.45, 7) is 9.76. The van der Waals surface area contributed by atoms with Crippen LogP contribution >= 0.6 is 11.8 Å². The van der Waals surface area contributed by atoms with Gasteiger partial charge in [-0.2, -0.15) is 11.8 Å². The molecule has 12 atom stereocenters. The lowest BCUT2D eigenvalue weighted by Gasteiger charge is -2.27. The molecule has 114 heavy (non-hydrogen) atoms. The lowest BCUT2D eigenvalue weighted by atomic mass is 10.0. The summed E-state index contributed by atoms with van der Waals surface area (Å²) in [5, 5.41) is 54.9. The summed E-state index contributed by atoms with van der Waals surface area (Å²) < 4.78 is 0. The third kappa shape index (κ3) is 33.5. The number of aliphatic carboxylic acids is 1. The number of carboxylic acid groups (broad SMARTS) is 1. The molecule has 1 saturated heterocycles. The maximum Gasteiger partial charge on any atom is 0.303 e. The molecule has 43 heteroatoms. The number of amides is 17. The van der Waals surface area contributed by atoms with E-state index in [2.05, 4.69) is 94.7 Å². The maximum absolute atomic E-state index is 14.6. The second-order valence-electron chi connectivity index (χ2n) is 28.6. The fraction of sp³-hybridized carbons (Fsp3) is 0.577. The summed E-state index contributed by atoms with van der Waals surface area (Å²) in [6, 6.07) is -10.3. The highest BCUT2D eigenvalue weighted by Crippen LogP contribution is 2.21. The van der Waals surface area contributed by atoms with Crippen molar-refractivity contribution in [2.24, 2.45) is 40.7 Å². The van der Waals surface area contributed by atoms with Gasteiger partial charge in [0.25, 0.3) is 0 Å². The van der Waals surface area contributed by atoms with Gasteiger partial charge < -0.3 is 118 Å². The molecule has 0 unspecified atom stereocenters. The first-order valence-electron chi connectivity index (χ1n) is 37.1. The summed E-state index contributed by atoms with van der Waals surface area (Å²) in [5.74, 6) is -18.0. The quantitative estimate of drug-likeness (QED) is 0.0142. The lowest BCUT2D eigenvalue weighted by Crippen LogP contribution is -2.60. The van der Waals surface area contributed by atoms with Crippen molar-refractivity contribution in [1.29, 1.82) is 5.41 Å². The van der Waals surface area contributed by atoms with Crippen molar-refractivity contribution in [2.75, 3.05) is 31.6 Å². The third-order valence-electron chi connectivity index (χ3n) is 17.7. The number of rotatable bonds is 51. The van der Waals surface area contributed by atoms with Gasteiger partial charge in [0.05, 0.1) is 25.8 Å². The van der Waals surface area contributed by atoms with Gasteiger partial charge in [0, 0.05) is 67.6 Å². The summed E-state index contributed by atoms with van der Waals surface area (Å²) in [5.41, 5.74) is 23.5. The summed E-state index contributed by atoms with van der Waals surface area (Å²) in [7, 11) is 0. The van der Waals surface area contributed by atoms with E-state index in [0.717, 1.165) is 0 Å². The normalized spacial score (nSPS) is 15.3. The first-order chi connectivity index (χ1) is 53.7. The number of carbonyl (C=O) groups is 18. The molecule has 27 N–H and O–H groups in total. The van der Waals surface area contributed by atoms with Gasteiger partial charge in [-0.15, -0.1) is 0 Å². The highest BCUT2D eigenvalue weighted by Gasteiger charge is 2.38. The molecular formula is C71H109N23O19S. The smallest absolute Gasteiger partial charge is 0.303 e. The number of primary amides is 3. The van der Waals surface area contributed by atoms with Crippen LogP contribution in [0.2, 0.25) is 0 Å². The molecule has 1 aromatic carbocycles. The van der Waals surface area contributed by atoms with Crippen LogP contribution in [-0.4, -0.2) is 237 Å². The van der Waals surface area contributed by atoms with Crippen LogP contribution in [-0.2, 0) is 99.1 Å². The fourth-order valence-electron chi connectivity index (χ4n) is 11.8. The zero-order chi connectivity index (χ0) is 85.1. The van der Waals surface area contributed by atoms with Crippen LogP contribution < -0.4 is 103 Å². The Bertz CT molecular complexity index is 3910. The van der Waals surface area contributed by atoms with Gasteiger partial charge in [0.15, 0.2) is 5.96 Å². The minimum absolute atomic E-state index is 0.0216. The summed E-state index contributed by atoms with van der Waals surface area (Å²) in [6.07, 6.45) is 2.87. The van der Waals surface area contributed by atoms with E-state index < -0.39 is 236 Å². The molecule has 0 radical (unpaired) electrons. The van der Waals surface area contributed by atoms with Gasteiger partial charge in [-0.25, -0.2) is 4.98 Å². The number of guanidine groups is 1. The maximum atomic E-state index is 14.6. The number of hydrogen-bond donors (Lipinski definition) is 23. The molecule has 0 aliphatic carbocycles. The number of hydrogen-bond acceptors (Lipinski definition) is 21. The molecule has 2 aromatic heterocycles. The third-order valence-corrected chi connectivity index (χ3v) is 18.4. The molecule has 1 fully saturated rings. The molecule has 17 amide bonds. The number of aromatic amines is 2. The van der Waals surface area contributed by atoms with Crippen LogP contribution in [0.1, 0.15) is 137 Å². The van der Waals surface area contributed by atoms with E-state index in [1.165, 1.54) is 31.2 Å². The highest BCUT2D eigenvalue weighted by atomic mass is 32.2. The number of thioether (sulfide) groups is 1. The Morgan fingerprint density at radius 2 is 1.07 bits per heavy atom. The first kappa shape index (κ1) is 94.4. The number of aromatic nitrogens is 3. The monoisotopic (exact) mass is 1620 g/mol. The van der Waals surface area contributed by atoms with Crippen molar-refractivity contribution in [1.82, 2.24) is 94.7 Å². The standard InChI is InChI=1S/C71H109N23O19S/c1-34(2)24-47(91-62(105)43(14-11-22-78-71(75)76)88-64(107)46(17-20-57(100)101)89-63(106)44-16-19-54(97)84-44)61(104)80-31-55(98)86-51(28-53(73)96)69(112)90-45(15-18-52(72)95)65(108)93-49(26-38-29-79-41-13-10-9-12-40(38)41)66(109)83-37(7)60(103)94-58(36(5)6)70(113)81-32-56(99)85-50(27-39-30-77-33-82-39)68(111)92-48(25-35(3)4)67(110)87-42(59(74)102)21-23-114-8/h9-10,12-13,29-30,33-37,42-51,58,79H,11,14-28,31-32H2,1-8H3,(H2,72,95)(H2,73,96)(H2,74,102)(H,77,82)(H,80,104)(H,81,113)(H,83,109)(H,84,97)(H,85,99)(H,86,98)(H,87,110)(H,88,107)(H,89,106)(H,90,112)(H,91,105)(H,92,111)(H,93,108)(H,94,103)(H,100,101)(H4,75,76,78)/t37-,42-,43-,44-,45-,46-,47-,48-,49-,50-,51-,58-/m0/s1. The molecule has 1 aliphatic heterocycles.